The van der Waals surface area contributed by atoms with Crippen LogP contribution in [0.5, 0.6) is 5.75 Å². The topological polar surface area (TPSA) is 98.2 Å². The quantitative estimate of drug-likeness (QED) is 0.628. The van der Waals surface area contributed by atoms with E-state index >= 15 is 0 Å². The van der Waals surface area contributed by atoms with Crippen LogP contribution in [-0.4, -0.2) is 16.3 Å². The fraction of sp³-hybridized carbons (Fsp3) is 0.120. The summed E-state index contributed by atoms with van der Waals surface area (Å²) in [6, 6.07) is 22.2. The number of benzene rings is 2. The summed E-state index contributed by atoms with van der Waals surface area (Å²) in [7, 11) is -0.0587. The molecule has 32 heavy (non-hydrogen) atoms. The van der Waals surface area contributed by atoms with Gasteiger partial charge >= 0.3 is 0 Å². The molecule has 1 aromatic heterocycles. The molecule has 4 rings (SSSR count). The Morgan fingerprint density at radius 1 is 1.09 bits per heavy atom. The third kappa shape index (κ3) is 4.01. The standard InChI is InChI=1S/C25H21N3O3S/c1-16-6-12-19(13-7-16)32(29)24-22(17-8-10-18(30-2)11-9-17)20(15-26)25(27)31-23(24)21-5-3-4-14-28-21/h3-14,22H,27H2,1-2H3/t22-,32+/m0/s1. The Bertz CT molecular complexity index is 1260. The maximum Gasteiger partial charge on any atom is 0.205 e. The fourth-order valence-electron chi connectivity index (χ4n) is 3.51. The lowest BCUT2D eigenvalue weighted by atomic mass is 9.89. The first-order valence-electron chi connectivity index (χ1n) is 9.89. The van der Waals surface area contributed by atoms with Gasteiger partial charge < -0.3 is 15.2 Å². The highest BCUT2D eigenvalue weighted by molar-refractivity contribution is 7.89. The van der Waals surface area contributed by atoms with Gasteiger partial charge in [0.2, 0.25) is 5.88 Å². The van der Waals surface area contributed by atoms with Crippen LogP contribution in [0.3, 0.4) is 0 Å². The van der Waals surface area contributed by atoms with Crippen LogP contribution in [0, 0.1) is 18.3 Å². The number of allylic oxidation sites excluding steroid dienone is 2. The van der Waals surface area contributed by atoms with E-state index in [9.17, 15) is 9.47 Å². The molecule has 0 amide bonds. The smallest absolute Gasteiger partial charge is 0.205 e. The lowest BCUT2D eigenvalue weighted by molar-refractivity contribution is 0.357. The number of hydrogen-bond acceptors (Lipinski definition) is 6. The highest BCUT2D eigenvalue weighted by Crippen LogP contribution is 2.45. The summed E-state index contributed by atoms with van der Waals surface area (Å²) in [5.74, 6) is 0.269. The first kappa shape index (κ1) is 21.3. The molecule has 2 heterocycles. The van der Waals surface area contributed by atoms with Gasteiger partial charge in [-0.05, 0) is 48.9 Å². The number of methoxy groups -OCH3 is 1. The Morgan fingerprint density at radius 3 is 2.41 bits per heavy atom. The van der Waals surface area contributed by atoms with Crippen molar-refractivity contribution in [3.63, 3.8) is 0 Å². The number of nitriles is 1. The van der Waals surface area contributed by atoms with Gasteiger partial charge in [0.25, 0.3) is 0 Å². The molecule has 3 aromatic rings. The van der Waals surface area contributed by atoms with Crippen molar-refractivity contribution in [3.05, 3.63) is 106 Å². The second-order valence-electron chi connectivity index (χ2n) is 7.19. The van der Waals surface area contributed by atoms with Gasteiger partial charge in [-0.1, -0.05) is 35.9 Å². The van der Waals surface area contributed by atoms with Gasteiger partial charge in [-0.15, -0.1) is 0 Å². The molecular formula is C25H21N3O3S. The molecule has 0 saturated carbocycles. The lowest BCUT2D eigenvalue weighted by Gasteiger charge is -2.28. The molecule has 160 valence electrons. The first-order valence-corrected chi connectivity index (χ1v) is 11.0. The van der Waals surface area contributed by atoms with Gasteiger partial charge in [-0.3, -0.25) is 4.98 Å². The average molecular weight is 444 g/mol. The van der Waals surface area contributed by atoms with Crippen LogP contribution in [0.2, 0.25) is 0 Å². The number of aryl methyl sites for hydroxylation is 1. The normalized spacial score (nSPS) is 16.8. The van der Waals surface area contributed by atoms with Crippen LogP contribution in [0.15, 0.2) is 94.2 Å². The summed E-state index contributed by atoms with van der Waals surface area (Å²) in [6.45, 7) is 1.96. The largest absolute Gasteiger partial charge is 0.497 e. The van der Waals surface area contributed by atoms with E-state index in [2.05, 4.69) is 11.1 Å². The second kappa shape index (κ2) is 9.08. The number of nitrogens with zero attached hydrogens (tertiary/aromatic N) is 2. The monoisotopic (exact) mass is 443 g/mol. The molecule has 0 radical (unpaired) electrons. The van der Waals surface area contributed by atoms with E-state index < -0.39 is 16.7 Å². The molecule has 7 heteroatoms. The first-order chi connectivity index (χ1) is 15.5. The Hall–Kier alpha value is -3.89. The minimum Gasteiger partial charge on any atom is -0.497 e. The molecule has 2 atom stereocenters. The minimum atomic E-state index is -1.64. The average Bonchev–Trinajstić information content (AvgIpc) is 2.84. The van der Waals surface area contributed by atoms with E-state index in [0.29, 0.717) is 27.0 Å². The zero-order valence-electron chi connectivity index (χ0n) is 17.6. The Balaban J connectivity index is 1.97. The van der Waals surface area contributed by atoms with Crippen LogP contribution < -0.4 is 10.5 Å². The van der Waals surface area contributed by atoms with E-state index in [1.807, 2.05) is 49.4 Å². The lowest BCUT2D eigenvalue weighted by Crippen LogP contribution is -2.23. The van der Waals surface area contributed by atoms with Crippen LogP contribution >= 0.6 is 0 Å². The van der Waals surface area contributed by atoms with Crippen LogP contribution in [0.4, 0.5) is 0 Å². The predicted octanol–water partition coefficient (Wildman–Crippen LogP) is 4.38. The molecule has 0 unspecified atom stereocenters. The summed E-state index contributed by atoms with van der Waals surface area (Å²) >= 11 is 0. The molecule has 2 aromatic carbocycles. The molecule has 1 aliphatic rings. The van der Waals surface area contributed by atoms with Crippen molar-refractivity contribution in [3.8, 4) is 11.8 Å². The van der Waals surface area contributed by atoms with Gasteiger partial charge in [0.05, 0.1) is 28.7 Å². The van der Waals surface area contributed by atoms with Crippen molar-refractivity contribution >= 4 is 16.6 Å². The molecule has 2 N–H and O–H groups in total. The van der Waals surface area contributed by atoms with Crippen molar-refractivity contribution in [2.75, 3.05) is 7.11 Å². The van der Waals surface area contributed by atoms with E-state index in [1.54, 1.807) is 37.6 Å². The molecule has 0 aliphatic carbocycles. The SMILES string of the molecule is COc1ccc([C@H]2C(C#N)=C(N)OC(c3ccccn3)=C2[S@](=O)c2ccc(C)cc2)cc1. The maximum absolute atomic E-state index is 13.9. The Kier molecular flexibility index (Phi) is 6.06. The summed E-state index contributed by atoms with van der Waals surface area (Å²) in [4.78, 5) is 5.40. The van der Waals surface area contributed by atoms with Crippen LogP contribution in [0.1, 0.15) is 22.7 Å². The van der Waals surface area contributed by atoms with Gasteiger partial charge in [-0.2, -0.15) is 5.26 Å². The summed E-state index contributed by atoms with van der Waals surface area (Å²) in [5, 5.41) is 9.93. The molecule has 0 saturated heterocycles. The zero-order valence-corrected chi connectivity index (χ0v) is 18.4. The Morgan fingerprint density at radius 2 is 1.81 bits per heavy atom. The minimum absolute atomic E-state index is 0.0290. The second-order valence-corrected chi connectivity index (χ2v) is 8.64. The third-order valence-electron chi connectivity index (χ3n) is 5.15. The van der Waals surface area contributed by atoms with Gasteiger partial charge in [-0.25, -0.2) is 4.21 Å². The van der Waals surface area contributed by atoms with Crippen molar-refractivity contribution in [2.24, 2.45) is 5.73 Å². The van der Waals surface area contributed by atoms with Crippen molar-refractivity contribution in [2.45, 2.75) is 17.7 Å². The number of aromatic nitrogens is 1. The summed E-state index contributed by atoms with van der Waals surface area (Å²) in [6.07, 6.45) is 1.63. The summed E-state index contributed by atoms with van der Waals surface area (Å²) in [5.41, 5.74) is 8.66. The molecular weight excluding hydrogens is 422 g/mol. The van der Waals surface area contributed by atoms with E-state index in [0.717, 1.165) is 11.1 Å². The number of nitrogens with two attached hydrogens (primary N) is 1. The number of ether oxygens (including phenoxy) is 2. The van der Waals surface area contributed by atoms with E-state index in [1.165, 1.54) is 0 Å². The predicted molar refractivity (Wildman–Crippen MR) is 122 cm³/mol. The maximum atomic E-state index is 13.9. The zero-order chi connectivity index (χ0) is 22.7. The van der Waals surface area contributed by atoms with Crippen molar-refractivity contribution < 1.29 is 13.7 Å². The van der Waals surface area contributed by atoms with Gasteiger partial charge in [0, 0.05) is 11.1 Å². The third-order valence-corrected chi connectivity index (χ3v) is 6.67. The van der Waals surface area contributed by atoms with Crippen LogP contribution in [0.25, 0.3) is 5.76 Å². The highest BCUT2D eigenvalue weighted by Gasteiger charge is 2.37. The Labute approximate surface area is 189 Å². The molecule has 1 aliphatic heterocycles. The van der Waals surface area contributed by atoms with Gasteiger partial charge in [0.1, 0.15) is 23.1 Å². The van der Waals surface area contributed by atoms with E-state index in [4.69, 9.17) is 15.2 Å². The molecule has 0 fully saturated rings. The molecule has 0 bridgehead atoms. The van der Waals surface area contributed by atoms with Crippen LogP contribution in [-0.2, 0) is 15.5 Å². The van der Waals surface area contributed by atoms with Crippen molar-refractivity contribution in [1.29, 1.82) is 5.26 Å². The molecule has 6 nitrogen and oxygen atoms in total. The fourth-order valence-corrected chi connectivity index (χ4v) is 4.93. The molecule has 0 spiro atoms. The summed E-state index contributed by atoms with van der Waals surface area (Å²) < 4.78 is 25.1. The highest BCUT2D eigenvalue weighted by atomic mass is 32.2. The van der Waals surface area contributed by atoms with E-state index in [-0.39, 0.29) is 11.5 Å². The van der Waals surface area contributed by atoms with Crippen molar-refractivity contribution in [1.82, 2.24) is 4.98 Å². The number of rotatable bonds is 5. The number of pyridine rings is 1. The number of hydrogen-bond donors (Lipinski definition) is 1. The van der Waals surface area contributed by atoms with Gasteiger partial charge in [0.15, 0.2) is 5.76 Å².